The van der Waals surface area contributed by atoms with Crippen LogP contribution in [0.15, 0.2) is 12.2 Å². The van der Waals surface area contributed by atoms with E-state index in [2.05, 4.69) is 15.9 Å². The van der Waals surface area contributed by atoms with Gasteiger partial charge in [0, 0.05) is 18.6 Å². The van der Waals surface area contributed by atoms with Crippen molar-refractivity contribution in [3.63, 3.8) is 0 Å². The topological polar surface area (TPSA) is 23.6 Å². The average molecular weight is 246 g/mol. The molecule has 0 aromatic rings. The minimum absolute atomic E-state index is 0.271. The second-order valence-electron chi connectivity index (χ2n) is 6.43. The van der Waals surface area contributed by atoms with E-state index in [1.54, 1.807) is 6.08 Å². The molecule has 3 saturated heterocycles. The normalized spacial score (nSPS) is 43.6. The van der Waals surface area contributed by atoms with Crippen LogP contribution in [0.3, 0.4) is 0 Å². The summed E-state index contributed by atoms with van der Waals surface area (Å²) in [7, 11) is 0. The van der Waals surface area contributed by atoms with E-state index >= 15 is 0 Å². The number of carbonyl (C=O) groups excluding carboxylic acids is 1. The van der Waals surface area contributed by atoms with E-state index in [0.717, 1.165) is 30.8 Å². The highest BCUT2D eigenvalue weighted by molar-refractivity contribution is 5.88. The van der Waals surface area contributed by atoms with Crippen LogP contribution < -0.4 is 0 Å². The Balaban J connectivity index is 1.68. The van der Waals surface area contributed by atoms with Gasteiger partial charge < -0.3 is 4.90 Å². The minimum atomic E-state index is 0.271. The predicted octanol–water partition coefficient (Wildman–Crippen LogP) is 1.65. The summed E-state index contributed by atoms with van der Waals surface area (Å²) in [6.07, 6.45) is 10.3. The lowest BCUT2D eigenvalue weighted by atomic mass is 9.68. The number of amides is 1. The Labute approximate surface area is 109 Å². The molecule has 4 atom stereocenters. The van der Waals surface area contributed by atoms with Gasteiger partial charge in [-0.15, -0.1) is 0 Å². The number of piperidine rings is 3. The Kier molecular flexibility index (Phi) is 2.51. The predicted molar refractivity (Wildman–Crippen MR) is 70.1 cm³/mol. The number of nitrogens with zero attached hydrogens (tertiary/aromatic N) is 2. The third kappa shape index (κ3) is 1.49. The third-order valence-electron chi connectivity index (χ3n) is 5.59. The van der Waals surface area contributed by atoms with E-state index in [1.165, 1.54) is 38.8 Å². The molecule has 3 nitrogen and oxygen atoms in total. The zero-order chi connectivity index (χ0) is 12.1. The summed E-state index contributed by atoms with van der Waals surface area (Å²) in [5.41, 5.74) is 0. The summed E-state index contributed by atoms with van der Waals surface area (Å²) < 4.78 is 0. The maximum atomic E-state index is 12.1. The number of carbonyl (C=O) groups is 1. The Bertz CT molecular complexity index is 390. The lowest BCUT2D eigenvalue weighted by Gasteiger charge is -2.57. The molecule has 0 aromatic carbocycles. The van der Waals surface area contributed by atoms with Crippen LogP contribution in [-0.4, -0.2) is 47.4 Å². The molecule has 0 saturated carbocycles. The molecule has 0 bridgehead atoms. The quantitative estimate of drug-likeness (QED) is 0.649. The van der Waals surface area contributed by atoms with Crippen molar-refractivity contribution in [2.24, 2.45) is 11.8 Å². The molecule has 3 heteroatoms. The fourth-order valence-electron chi connectivity index (χ4n) is 4.95. The van der Waals surface area contributed by atoms with E-state index in [4.69, 9.17) is 0 Å². The van der Waals surface area contributed by atoms with Crippen molar-refractivity contribution in [2.75, 3.05) is 19.6 Å². The van der Waals surface area contributed by atoms with Crippen molar-refractivity contribution >= 4 is 5.91 Å². The van der Waals surface area contributed by atoms with Gasteiger partial charge in [-0.3, -0.25) is 9.69 Å². The van der Waals surface area contributed by atoms with Crippen LogP contribution in [0.4, 0.5) is 0 Å². The molecule has 4 aliphatic heterocycles. The van der Waals surface area contributed by atoms with Crippen molar-refractivity contribution in [1.29, 1.82) is 0 Å². The first kappa shape index (κ1) is 11.0. The Morgan fingerprint density at radius 2 is 2.00 bits per heavy atom. The minimum Gasteiger partial charge on any atom is -0.335 e. The van der Waals surface area contributed by atoms with Crippen LogP contribution in [0, 0.1) is 11.8 Å². The summed E-state index contributed by atoms with van der Waals surface area (Å²) in [5, 5.41) is 0. The van der Waals surface area contributed by atoms with Crippen LogP contribution in [0.2, 0.25) is 0 Å². The molecule has 4 rings (SSSR count). The second-order valence-corrected chi connectivity index (χ2v) is 6.43. The maximum absolute atomic E-state index is 12.1. The lowest BCUT2D eigenvalue weighted by Crippen LogP contribution is -2.65. The van der Waals surface area contributed by atoms with Gasteiger partial charge in [-0.25, -0.2) is 0 Å². The van der Waals surface area contributed by atoms with E-state index in [0.29, 0.717) is 6.04 Å². The van der Waals surface area contributed by atoms with Gasteiger partial charge in [0.25, 0.3) is 0 Å². The highest BCUT2D eigenvalue weighted by atomic mass is 16.2. The van der Waals surface area contributed by atoms with Crippen molar-refractivity contribution in [1.82, 2.24) is 9.80 Å². The fraction of sp³-hybridized carbons (Fsp3) is 0.800. The zero-order valence-electron chi connectivity index (χ0n) is 10.9. The highest BCUT2D eigenvalue weighted by Crippen LogP contribution is 2.43. The number of fused-ring (bicyclic) bond motifs is 2. The van der Waals surface area contributed by atoms with E-state index in [-0.39, 0.29) is 5.91 Å². The van der Waals surface area contributed by atoms with Gasteiger partial charge in [0.1, 0.15) is 0 Å². The van der Waals surface area contributed by atoms with Crippen molar-refractivity contribution in [2.45, 2.75) is 44.2 Å². The van der Waals surface area contributed by atoms with Crippen LogP contribution in [0.1, 0.15) is 32.1 Å². The summed E-state index contributed by atoms with van der Waals surface area (Å²) >= 11 is 0. The molecule has 3 unspecified atom stereocenters. The van der Waals surface area contributed by atoms with Gasteiger partial charge >= 0.3 is 0 Å². The molecule has 3 fully saturated rings. The summed E-state index contributed by atoms with van der Waals surface area (Å²) in [4.78, 5) is 17.0. The van der Waals surface area contributed by atoms with Gasteiger partial charge in [0.05, 0.1) is 0 Å². The molecular weight excluding hydrogens is 224 g/mol. The van der Waals surface area contributed by atoms with E-state index in [1.807, 2.05) is 0 Å². The molecule has 4 heterocycles. The molecule has 4 aliphatic rings. The Morgan fingerprint density at radius 3 is 2.89 bits per heavy atom. The van der Waals surface area contributed by atoms with Crippen molar-refractivity contribution < 1.29 is 4.79 Å². The maximum Gasteiger partial charge on any atom is 0.246 e. The van der Waals surface area contributed by atoms with E-state index < -0.39 is 0 Å². The third-order valence-corrected chi connectivity index (χ3v) is 5.59. The van der Waals surface area contributed by atoms with Crippen LogP contribution >= 0.6 is 0 Å². The van der Waals surface area contributed by atoms with Crippen LogP contribution in [0.25, 0.3) is 0 Å². The first-order valence-corrected chi connectivity index (χ1v) is 7.56. The van der Waals surface area contributed by atoms with E-state index in [9.17, 15) is 4.79 Å². The number of rotatable bonds is 0. The molecule has 0 aliphatic carbocycles. The molecule has 98 valence electrons. The first-order chi connectivity index (χ1) is 8.84. The van der Waals surface area contributed by atoms with Crippen LogP contribution in [-0.2, 0) is 4.79 Å². The standard InChI is InChI=1S/C15H22N2O/c18-14-7-1-6-13-12-5-3-9-16-8-2-4-11(15(12)16)10-17(13)14/h1,7,11-13,15H,2-6,8-10H2/t11?,12?,13?,15-/m1/s1. The van der Waals surface area contributed by atoms with Gasteiger partial charge in [-0.1, -0.05) is 6.08 Å². The SMILES string of the molecule is O=C1C=CCC2C3CCCN4CCCC(CN12)[C@H]34. The summed E-state index contributed by atoms with van der Waals surface area (Å²) in [6.45, 7) is 3.62. The summed E-state index contributed by atoms with van der Waals surface area (Å²) in [6, 6.07) is 1.29. The average Bonchev–Trinajstić information content (AvgIpc) is 2.41. The molecule has 0 N–H and O–H groups in total. The summed E-state index contributed by atoms with van der Waals surface area (Å²) in [5.74, 6) is 1.76. The lowest BCUT2D eigenvalue weighted by molar-refractivity contribution is -0.141. The molecule has 1 amide bonds. The van der Waals surface area contributed by atoms with Gasteiger partial charge in [-0.2, -0.15) is 0 Å². The molecular formula is C15H22N2O. The second kappa shape index (κ2) is 4.09. The first-order valence-electron chi connectivity index (χ1n) is 7.56. The smallest absolute Gasteiger partial charge is 0.246 e. The fourth-order valence-corrected chi connectivity index (χ4v) is 4.95. The van der Waals surface area contributed by atoms with Crippen LogP contribution in [0.5, 0.6) is 0 Å². The number of hydrogen-bond acceptors (Lipinski definition) is 2. The molecule has 0 aromatic heterocycles. The highest BCUT2D eigenvalue weighted by Gasteiger charge is 2.49. The van der Waals surface area contributed by atoms with Gasteiger partial charge in [0.2, 0.25) is 5.91 Å². The van der Waals surface area contributed by atoms with Gasteiger partial charge in [0.15, 0.2) is 0 Å². The molecule has 0 spiro atoms. The Hall–Kier alpha value is -0.830. The Morgan fingerprint density at radius 1 is 1.17 bits per heavy atom. The van der Waals surface area contributed by atoms with Gasteiger partial charge in [-0.05, 0) is 63.1 Å². The van der Waals surface area contributed by atoms with Crippen molar-refractivity contribution in [3.05, 3.63) is 12.2 Å². The zero-order valence-corrected chi connectivity index (χ0v) is 10.9. The number of hydrogen-bond donors (Lipinski definition) is 0. The monoisotopic (exact) mass is 246 g/mol. The van der Waals surface area contributed by atoms with Crippen molar-refractivity contribution in [3.8, 4) is 0 Å². The molecule has 18 heavy (non-hydrogen) atoms. The molecule has 0 radical (unpaired) electrons. The largest absolute Gasteiger partial charge is 0.335 e.